The lowest BCUT2D eigenvalue weighted by molar-refractivity contribution is 0.628. The van der Waals surface area contributed by atoms with Crippen LogP contribution in [0.4, 0.5) is 26.0 Å². The summed E-state index contributed by atoms with van der Waals surface area (Å²) in [5.41, 5.74) is 1.37. The van der Waals surface area contributed by atoms with E-state index in [1.807, 2.05) is 0 Å². The Morgan fingerprint density at radius 2 is 1.86 bits per heavy atom. The van der Waals surface area contributed by atoms with E-state index in [4.69, 9.17) is 11.6 Å². The molecule has 3 aromatic rings. The second-order valence-electron chi connectivity index (χ2n) is 4.58. The van der Waals surface area contributed by atoms with Crippen molar-refractivity contribution in [3.63, 3.8) is 0 Å². The van der Waals surface area contributed by atoms with Gasteiger partial charge in [-0.05, 0) is 24.3 Å². The van der Waals surface area contributed by atoms with E-state index >= 15 is 0 Å². The Balaban J connectivity index is 2.08. The van der Waals surface area contributed by atoms with Crippen LogP contribution in [-0.2, 0) is 0 Å². The van der Waals surface area contributed by atoms with Crippen molar-refractivity contribution in [3.05, 3.63) is 53.3 Å². The number of hydrogen-bond donors (Lipinski definition) is 2. The predicted octanol–water partition coefficient (Wildman–Crippen LogP) is 4.35. The number of nitrogens with one attached hydrogen (secondary N) is 2. The van der Waals surface area contributed by atoms with Gasteiger partial charge in [0.2, 0.25) is 0 Å². The van der Waals surface area contributed by atoms with Crippen LogP contribution in [0, 0.1) is 11.6 Å². The van der Waals surface area contributed by atoms with Crippen molar-refractivity contribution in [2.24, 2.45) is 0 Å². The minimum atomic E-state index is -0.501. The zero-order chi connectivity index (χ0) is 15.7. The molecule has 1 aromatic heterocycles. The van der Waals surface area contributed by atoms with Crippen LogP contribution in [-0.4, -0.2) is 17.0 Å². The molecule has 0 radical (unpaired) electrons. The van der Waals surface area contributed by atoms with E-state index in [9.17, 15) is 8.78 Å². The smallest absolute Gasteiger partial charge is 0.148 e. The molecule has 0 aliphatic rings. The normalized spacial score (nSPS) is 10.7. The van der Waals surface area contributed by atoms with Crippen molar-refractivity contribution < 1.29 is 8.78 Å². The van der Waals surface area contributed by atoms with Gasteiger partial charge < -0.3 is 10.6 Å². The molecule has 2 N–H and O–H groups in total. The summed E-state index contributed by atoms with van der Waals surface area (Å²) in [4.78, 5) is 8.20. The number of hydrogen-bond acceptors (Lipinski definition) is 4. The number of halogens is 3. The molecule has 7 heteroatoms. The quantitative estimate of drug-likeness (QED) is 0.753. The number of anilines is 3. The Morgan fingerprint density at radius 1 is 1.05 bits per heavy atom. The van der Waals surface area contributed by atoms with Gasteiger partial charge in [-0.3, -0.25) is 0 Å². The van der Waals surface area contributed by atoms with Gasteiger partial charge in [0.05, 0.1) is 16.2 Å². The van der Waals surface area contributed by atoms with Crippen LogP contribution in [0.1, 0.15) is 0 Å². The van der Waals surface area contributed by atoms with Gasteiger partial charge in [0.25, 0.3) is 0 Å². The molecule has 0 atom stereocenters. The van der Waals surface area contributed by atoms with Crippen LogP contribution in [0.2, 0.25) is 5.02 Å². The summed E-state index contributed by atoms with van der Waals surface area (Å²) in [6, 6.07) is 7.18. The average molecular weight is 321 g/mol. The van der Waals surface area contributed by atoms with Crippen LogP contribution in [0.25, 0.3) is 10.9 Å². The first kappa shape index (κ1) is 14.5. The summed E-state index contributed by atoms with van der Waals surface area (Å²) in [5, 5.41) is 6.44. The molecule has 3 rings (SSSR count). The lowest BCUT2D eigenvalue weighted by atomic mass is 10.2. The first-order valence-corrected chi connectivity index (χ1v) is 6.80. The van der Waals surface area contributed by atoms with Crippen LogP contribution < -0.4 is 10.6 Å². The predicted molar refractivity (Wildman–Crippen MR) is 83.7 cm³/mol. The molecule has 0 fully saturated rings. The molecule has 2 aromatic carbocycles. The van der Waals surface area contributed by atoms with Crippen LogP contribution >= 0.6 is 11.6 Å². The first-order chi connectivity index (χ1) is 10.6. The SMILES string of the molecule is CNc1cc2c(Nc3ccc(F)c(Cl)c3)ncnc2cc1F. The fourth-order valence-electron chi connectivity index (χ4n) is 2.08. The van der Waals surface area contributed by atoms with Gasteiger partial charge in [0, 0.05) is 24.2 Å². The van der Waals surface area contributed by atoms with Crippen molar-refractivity contribution >= 4 is 39.7 Å². The zero-order valence-electron chi connectivity index (χ0n) is 11.5. The first-order valence-electron chi connectivity index (χ1n) is 6.42. The molecule has 0 spiro atoms. The molecular formula is C15H11ClF2N4. The second-order valence-corrected chi connectivity index (χ2v) is 4.98. The van der Waals surface area contributed by atoms with Crippen molar-refractivity contribution in [3.8, 4) is 0 Å². The van der Waals surface area contributed by atoms with Gasteiger partial charge in [-0.2, -0.15) is 0 Å². The van der Waals surface area contributed by atoms with Crippen molar-refractivity contribution in [2.45, 2.75) is 0 Å². The molecule has 0 saturated heterocycles. The van der Waals surface area contributed by atoms with Gasteiger partial charge in [0.15, 0.2) is 0 Å². The summed E-state index contributed by atoms with van der Waals surface area (Å²) in [6.45, 7) is 0. The minimum absolute atomic E-state index is 0.00493. The molecule has 0 aliphatic heterocycles. The summed E-state index contributed by atoms with van der Waals surface area (Å²) >= 11 is 5.76. The Morgan fingerprint density at radius 3 is 2.59 bits per heavy atom. The van der Waals surface area contributed by atoms with Crippen LogP contribution in [0.5, 0.6) is 0 Å². The number of rotatable bonds is 3. The van der Waals surface area contributed by atoms with Gasteiger partial charge in [0.1, 0.15) is 23.8 Å². The van der Waals surface area contributed by atoms with E-state index in [0.717, 1.165) is 0 Å². The molecule has 1 heterocycles. The molecule has 22 heavy (non-hydrogen) atoms. The summed E-state index contributed by atoms with van der Waals surface area (Å²) in [5.74, 6) is -0.423. The lowest BCUT2D eigenvalue weighted by Gasteiger charge is -2.10. The number of aromatic nitrogens is 2. The van der Waals surface area contributed by atoms with Crippen molar-refractivity contribution in [1.29, 1.82) is 0 Å². The number of benzene rings is 2. The van der Waals surface area contributed by atoms with E-state index in [2.05, 4.69) is 20.6 Å². The van der Waals surface area contributed by atoms with E-state index < -0.39 is 11.6 Å². The van der Waals surface area contributed by atoms with E-state index in [1.54, 1.807) is 13.1 Å². The Bertz CT molecular complexity index is 854. The summed E-state index contributed by atoms with van der Waals surface area (Å²) < 4.78 is 27.0. The number of fused-ring (bicyclic) bond motifs is 1. The maximum Gasteiger partial charge on any atom is 0.148 e. The summed E-state index contributed by atoms with van der Waals surface area (Å²) in [6.07, 6.45) is 1.33. The third kappa shape index (κ3) is 2.65. The van der Waals surface area contributed by atoms with E-state index in [0.29, 0.717) is 28.1 Å². The maximum absolute atomic E-state index is 13.8. The third-order valence-electron chi connectivity index (χ3n) is 3.18. The highest BCUT2D eigenvalue weighted by molar-refractivity contribution is 6.31. The van der Waals surface area contributed by atoms with Crippen LogP contribution in [0.3, 0.4) is 0 Å². The fourth-order valence-corrected chi connectivity index (χ4v) is 2.26. The molecular weight excluding hydrogens is 310 g/mol. The highest BCUT2D eigenvalue weighted by Crippen LogP contribution is 2.28. The Kier molecular flexibility index (Phi) is 3.77. The Labute approximate surface area is 130 Å². The fraction of sp³-hybridized carbons (Fsp3) is 0.0667. The highest BCUT2D eigenvalue weighted by atomic mass is 35.5. The minimum Gasteiger partial charge on any atom is -0.386 e. The third-order valence-corrected chi connectivity index (χ3v) is 3.47. The maximum atomic E-state index is 13.8. The van der Waals surface area contributed by atoms with Crippen molar-refractivity contribution in [2.75, 3.05) is 17.7 Å². The molecule has 0 amide bonds. The van der Waals surface area contributed by atoms with E-state index in [1.165, 1.54) is 30.6 Å². The van der Waals surface area contributed by atoms with Gasteiger partial charge in [-0.25, -0.2) is 18.7 Å². The highest BCUT2D eigenvalue weighted by Gasteiger charge is 2.10. The zero-order valence-corrected chi connectivity index (χ0v) is 12.2. The molecule has 112 valence electrons. The van der Waals surface area contributed by atoms with Gasteiger partial charge >= 0.3 is 0 Å². The monoisotopic (exact) mass is 320 g/mol. The molecule has 4 nitrogen and oxygen atoms in total. The topological polar surface area (TPSA) is 49.8 Å². The molecule has 0 saturated carbocycles. The molecule has 0 aliphatic carbocycles. The second kappa shape index (κ2) is 5.73. The molecule has 0 unspecified atom stereocenters. The summed E-state index contributed by atoms with van der Waals surface area (Å²) in [7, 11) is 1.63. The largest absolute Gasteiger partial charge is 0.386 e. The number of nitrogens with zero attached hydrogens (tertiary/aromatic N) is 2. The average Bonchev–Trinajstić information content (AvgIpc) is 2.50. The van der Waals surface area contributed by atoms with Gasteiger partial charge in [-0.1, -0.05) is 11.6 Å². The molecule has 0 bridgehead atoms. The van der Waals surface area contributed by atoms with Crippen molar-refractivity contribution in [1.82, 2.24) is 9.97 Å². The van der Waals surface area contributed by atoms with E-state index in [-0.39, 0.29) is 5.02 Å². The Hall–Kier alpha value is -2.47. The van der Waals surface area contributed by atoms with Gasteiger partial charge in [-0.15, -0.1) is 0 Å². The van der Waals surface area contributed by atoms with Crippen LogP contribution in [0.15, 0.2) is 36.7 Å². The lowest BCUT2D eigenvalue weighted by Crippen LogP contribution is -1.99. The standard InChI is InChI=1S/C15H11ClF2N4/c1-19-14-5-9-13(6-12(14)18)20-7-21-15(9)22-8-2-3-11(17)10(16)4-8/h2-7,19H,1H3,(H,20,21,22).